The molecule has 116 valence electrons. The van der Waals surface area contributed by atoms with Gasteiger partial charge in [0.15, 0.2) is 0 Å². The summed E-state index contributed by atoms with van der Waals surface area (Å²) in [5.74, 6) is -0.587. The number of aryl methyl sites for hydroxylation is 1. The standard InChI is InChI=1S/C14H13ClFN3O3/c1-8-4-5-17-14(13(8)19(21)22)18-7-12(20)9-2-3-10(15)11(16)6-9/h2-6,12,20H,7H2,1H3,(H,17,18). The van der Waals surface area contributed by atoms with Gasteiger partial charge in [-0.2, -0.15) is 0 Å². The molecule has 1 unspecified atom stereocenters. The van der Waals surface area contributed by atoms with Gasteiger partial charge in [0.1, 0.15) is 5.82 Å². The topological polar surface area (TPSA) is 88.3 Å². The predicted octanol–water partition coefficient (Wildman–Crippen LogP) is 3.24. The number of aromatic nitrogens is 1. The first-order valence-electron chi connectivity index (χ1n) is 6.37. The third kappa shape index (κ3) is 3.49. The van der Waals surface area contributed by atoms with Crippen LogP contribution in [0, 0.1) is 22.9 Å². The zero-order chi connectivity index (χ0) is 16.3. The van der Waals surface area contributed by atoms with Crippen molar-refractivity contribution in [2.24, 2.45) is 0 Å². The van der Waals surface area contributed by atoms with E-state index in [1.807, 2.05) is 0 Å². The summed E-state index contributed by atoms with van der Waals surface area (Å²) < 4.78 is 13.4. The van der Waals surface area contributed by atoms with Crippen LogP contribution in [0.3, 0.4) is 0 Å². The molecule has 0 aliphatic rings. The number of nitrogens with zero attached hydrogens (tertiary/aromatic N) is 2. The smallest absolute Gasteiger partial charge is 0.314 e. The minimum atomic E-state index is -1.06. The van der Waals surface area contributed by atoms with E-state index < -0.39 is 16.8 Å². The van der Waals surface area contributed by atoms with Gasteiger partial charge >= 0.3 is 5.69 Å². The molecule has 1 atom stereocenters. The van der Waals surface area contributed by atoms with Crippen molar-refractivity contribution in [1.82, 2.24) is 4.98 Å². The van der Waals surface area contributed by atoms with Crippen molar-refractivity contribution in [3.63, 3.8) is 0 Å². The maximum Gasteiger partial charge on any atom is 0.314 e. The number of pyridine rings is 1. The summed E-state index contributed by atoms with van der Waals surface area (Å²) in [4.78, 5) is 14.4. The van der Waals surface area contributed by atoms with Gasteiger partial charge in [0, 0.05) is 18.3 Å². The summed E-state index contributed by atoms with van der Waals surface area (Å²) in [7, 11) is 0. The Morgan fingerprint density at radius 3 is 2.86 bits per heavy atom. The fourth-order valence-electron chi connectivity index (χ4n) is 1.94. The Bertz CT molecular complexity index is 712. The van der Waals surface area contributed by atoms with E-state index in [4.69, 9.17) is 11.6 Å². The van der Waals surface area contributed by atoms with E-state index in [2.05, 4.69) is 10.3 Å². The van der Waals surface area contributed by atoms with Crippen molar-refractivity contribution in [3.05, 3.63) is 62.5 Å². The van der Waals surface area contributed by atoms with Gasteiger partial charge in [-0.05, 0) is 30.7 Å². The Kier molecular flexibility index (Phi) is 4.89. The molecule has 2 aromatic rings. The lowest BCUT2D eigenvalue weighted by Gasteiger charge is -2.13. The van der Waals surface area contributed by atoms with Crippen LogP contribution >= 0.6 is 11.6 Å². The molecule has 0 spiro atoms. The van der Waals surface area contributed by atoms with E-state index in [9.17, 15) is 19.6 Å². The molecular weight excluding hydrogens is 313 g/mol. The number of halogens is 2. The van der Waals surface area contributed by atoms with Gasteiger partial charge in [0.2, 0.25) is 5.82 Å². The summed E-state index contributed by atoms with van der Waals surface area (Å²) in [6.07, 6.45) is 0.368. The van der Waals surface area contributed by atoms with Crippen molar-refractivity contribution < 1.29 is 14.4 Å². The fraction of sp³-hybridized carbons (Fsp3) is 0.214. The van der Waals surface area contributed by atoms with Crippen LogP contribution in [0.5, 0.6) is 0 Å². The van der Waals surface area contributed by atoms with E-state index in [-0.39, 0.29) is 23.1 Å². The maximum atomic E-state index is 13.4. The SMILES string of the molecule is Cc1ccnc(NCC(O)c2ccc(Cl)c(F)c2)c1[N+](=O)[O-]. The number of nitrogens with one attached hydrogen (secondary N) is 1. The number of benzene rings is 1. The molecule has 1 aromatic carbocycles. The van der Waals surface area contributed by atoms with Gasteiger partial charge < -0.3 is 10.4 Å². The van der Waals surface area contributed by atoms with E-state index in [1.54, 1.807) is 6.92 Å². The second kappa shape index (κ2) is 6.67. The number of rotatable bonds is 5. The van der Waals surface area contributed by atoms with Crippen molar-refractivity contribution in [1.29, 1.82) is 0 Å². The van der Waals surface area contributed by atoms with Gasteiger partial charge in [0.05, 0.1) is 16.0 Å². The average Bonchev–Trinajstić information content (AvgIpc) is 2.47. The highest BCUT2D eigenvalue weighted by Crippen LogP contribution is 2.26. The van der Waals surface area contributed by atoms with Gasteiger partial charge in [-0.1, -0.05) is 17.7 Å². The van der Waals surface area contributed by atoms with Gasteiger partial charge in [-0.25, -0.2) is 9.37 Å². The molecular formula is C14H13ClFN3O3. The first-order valence-corrected chi connectivity index (χ1v) is 6.75. The number of hydrogen-bond acceptors (Lipinski definition) is 5. The quantitative estimate of drug-likeness (QED) is 0.651. The molecule has 1 aromatic heterocycles. The van der Waals surface area contributed by atoms with E-state index >= 15 is 0 Å². The molecule has 1 heterocycles. The predicted molar refractivity (Wildman–Crippen MR) is 80.5 cm³/mol. The molecule has 8 heteroatoms. The molecule has 2 rings (SSSR count). The largest absolute Gasteiger partial charge is 0.387 e. The van der Waals surface area contributed by atoms with Crippen molar-refractivity contribution in [2.75, 3.05) is 11.9 Å². The lowest BCUT2D eigenvalue weighted by molar-refractivity contribution is -0.384. The van der Waals surface area contributed by atoms with Crippen molar-refractivity contribution in [3.8, 4) is 0 Å². The molecule has 0 aliphatic heterocycles. The number of aliphatic hydroxyl groups excluding tert-OH is 1. The lowest BCUT2D eigenvalue weighted by Crippen LogP contribution is -2.14. The monoisotopic (exact) mass is 325 g/mol. The van der Waals surface area contributed by atoms with Crippen LogP contribution in [0.25, 0.3) is 0 Å². The zero-order valence-corrected chi connectivity index (χ0v) is 12.3. The molecule has 0 fully saturated rings. The molecule has 6 nitrogen and oxygen atoms in total. The average molecular weight is 326 g/mol. The van der Waals surface area contributed by atoms with Crippen LogP contribution in [-0.2, 0) is 0 Å². The van der Waals surface area contributed by atoms with Gasteiger partial charge in [-0.3, -0.25) is 10.1 Å². The van der Waals surface area contributed by atoms with Gasteiger partial charge in [0.25, 0.3) is 0 Å². The van der Waals surface area contributed by atoms with Crippen LogP contribution in [-0.4, -0.2) is 21.6 Å². The molecule has 0 aliphatic carbocycles. The van der Waals surface area contributed by atoms with Gasteiger partial charge in [-0.15, -0.1) is 0 Å². The third-order valence-electron chi connectivity index (χ3n) is 3.10. The summed E-state index contributed by atoms with van der Waals surface area (Å²) in [6.45, 7) is 1.54. The molecule has 22 heavy (non-hydrogen) atoms. The Hall–Kier alpha value is -2.25. The van der Waals surface area contributed by atoms with Crippen LogP contribution in [0.15, 0.2) is 30.5 Å². The highest BCUT2D eigenvalue weighted by Gasteiger charge is 2.19. The van der Waals surface area contributed by atoms with Crippen molar-refractivity contribution >= 4 is 23.1 Å². The van der Waals surface area contributed by atoms with E-state index in [0.29, 0.717) is 11.1 Å². The molecule has 0 saturated heterocycles. The minimum absolute atomic E-state index is 0.0418. The van der Waals surface area contributed by atoms with E-state index in [0.717, 1.165) is 6.07 Å². The highest BCUT2D eigenvalue weighted by molar-refractivity contribution is 6.30. The minimum Gasteiger partial charge on any atom is -0.387 e. The summed E-state index contributed by atoms with van der Waals surface area (Å²) in [5, 5.41) is 23.7. The Morgan fingerprint density at radius 2 is 2.23 bits per heavy atom. The first kappa shape index (κ1) is 16.1. The van der Waals surface area contributed by atoms with E-state index in [1.165, 1.54) is 24.4 Å². The highest BCUT2D eigenvalue weighted by atomic mass is 35.5. The summed E-state index contributed by atoms with van der Waals surface area (Å²) in [5.41, 5.74) is 0.608. The number of hydrogen-bond donors (Lipinski definition) is 2. The summed E-state index contributed by atoms with van der Waals surface area (Å²) in [6, 6.07) is 5.46. The molecule has 0 radical (unpaired) electrons. The molecule has 0 amide bonds. The Labute approximate surface area is 130 Å². The Balaban J connectivity index is 2.14. The van der Waals surface area contributed by atoms with Crippen LogP contribution < -0.4 is 5.32 Å². The summed E-state index contributed by atoms with van der Waals surface area (Å²) >= 11 is 5.57. The number of anilines is 1. The second-order valence-electron chi connectivity index (χ2n) is 4.65. The zero-order valence-electron chi connectivity index (χ0n) is 11.6. The molecule has 2 N–H and O–H groups in total. The maximum absolute atomic E-state index is 13.4. The molecule has 0 saturated carbocycles. The Morgan fingerprint density at radius 1 is 1.50 bits per heavy atom. The van der Waals surface area contributed by atoms with Crippen LogP contribution in [0.2, 0.25) is 5.02 Å². The van der Waals surface area contributed by atoms with Crippen molar-refractivity contribution in [2.45, 2.75) is 13.0 Å². The third-order valence-corrected chi connectivity index (χ3v) is 3.41. The molecule has 0 bridgehead atoms. The van der Waals surface area contributed by atoms with Crippen LogP contribution in [0.1, 0.15) is 17.2 Å². The first-order chi connectivity index (χ1) is 10.4. The second-order valence-corrected chi connectivity index (χ2v) is 5.06. The normalized spacial score (nSPS) is 12.0. The number of aliphatic hydroxyl groups is 1. The number of nitro groups is 1. The fourth-order valence-corrected chi connectivity index (χ4v) is 2.06. The van der Waals surface area contributed by atoms with Crippen LogP contribution in [0.4, 0.5) is 15.9 Å². The lowest BCUT2D eigenvalue weighted by atomic mass is 10.1.